The van der Waals surface area contributed by atoms with Crippen LogP contribution in [0.2, 0.25) is 0 Å². The summed E-state index contributed by atoms with van der Waals surface area (Å²) in [5.74, 6) is 0.473. The molecule has 2 aromatic carbocycles. The number of carbonyl (C=O) groups excluding carboxylic acids is 1. The zero-order valence-corrected chi connectivity index (χ0v) is 15.7. The summed E-state index contributed by atoms with van der Waals surface area (Å²) in [4.78, 5) is 24.7. The monoisotopic (exact) mass is 367 g/mol. The molecule has 1 amide bonds. The average molecular weight is 367 g/mol. The van der Waals surface area contributed by atoms with Gasteiger partial charge in [0.25, 0.3) is 5.91 Å². The van der Waals surface area contributed by atoms with Crippen molar-refractivity contribution in [3.8, 4) is 11.5 Å². The zero-order valence-electron chi connectivity index (χ0n) is 15.7. The van der Waals surface area contributed by atoms with E-state index in [2.05, 4.69) is 5.32 Å². The third-order valence-electron chi connectivity index (χ3n) is 4.61. The van der Waals surface area contributed by atoms with Crippen molar-refractivity contribution in [1.29, 1.82) is 0 Å². The Morgan fingerprint density at radius 1 is 1.07 bits per heavy atom. The first-order valence-corrected chi connectivity index (χ1v) is 8.48. The first-order chi connectivity index (χ1) is 13.0. The highest BCUT2D eigenvalue weighted by molar-refractivity contribution is 6.00. The molecule has 0 fully saturated rings. The third-order valence-corrected chi connectivity index (χ3v) is 4.61. The van der Waals surface area contributed by atoms with E-state index in [4.69, 9.17) is 13.9 Å². The Kier molecular flexibility index (Phi) is 5.16. The van der Waals surface area contributed by atoms with E-state index < -0.39 is 5.63 Å². The van der Waals surface area contributed by atoms with E-state index in [1.54, 1.807) is 18.2 Å². The lowest BCUT2D eigenvalue weighted by molar-refractivity contribution is 0.0944. The second-order valence-electron chi connectivity index (χ2n) is 6.20. The molecule has 0 saturated carbocycles. The first-order valence-electron chi connectivity index (χ1n) is 8.48. The molecule has 6 nitrogen and oxygen atoms in total. The molecule has 0 aliphatic carbocycles. The molecule has 3 rings (SSSR count). The van der Waals surface area contributed by atoms with Crippen molar-refractivity contribution >= 4 is 16.9 Å². The van der Waals surface area contributed by atoms with Crippen molar-refractivity contribution < 1.29 is 18.7 Å². The van der Waals surface area contributed by atoms with Gasteiger partial charge >= 0.3 is 5.63 Å². The fraction of sp³-hybridized carbons (Fsp3) is 0.238. The van der Waals surface area contributed by atoms with Crippen LogP contribution >= 0.6 is 0 Å². The van der Waals surface area contributed by atoms with Crippen LogP contribution in [0.15, 0.2) is 45.6 Å². The molecular formula is C21H21NO5. The molecule has 6 heteroatoms. The Morgan fingerprint density at radius 3 is 2.37 bits per heavy atom. The topological polar surface area (TPSA) is 77.8 Å². The maximum Gasteiger partial charge on any atom is 0.336 e. The number of hydrogen-bond donors (Lipinski definition) is 1. The van der Waals surface area contributed by atoms with Crippen LogP contribution in [0.5, 0.6) is 11.5 Å². The lowest BCUT2D eigenvalue weighted by Gasteiger charge is -2.14. The molecule has 1 N–H and O–H groups in total. The molecule has 140 valence electrons. The van der Waals surface area contributed by atoms with E-state index in [9.17, 15) is 9.59 Å². The summed E-state index contributed by atoms with van der Waals surface area (Å²) in [6, 6.07) is 10.4. The number of aryl methyl sites for hydroxylation is 2. The van der Waals surface area contributed by atoms with Crippen molar-refractivity contribution in [2.75, 3.05) is 14.2 Å². The number of nitrogens with one attached hydrogen (secondary N) is 1. The van der Waals surface area contributed by atoms with Gasteiger partial charge in [0, 0.05) is 18.0 Å². The van der Waals surface area contributed by atoms with Gasteiger partial charge in [-0.05, 0) is 42.7 Å². The average Bonchev–Trinajstić information content (AvgIpc) is 2.68. The predicted octanol–water partition coefficient (Wildman–Crippen LogP) is 3.36. The Bertz CT molecular complexity index is 1050. The molecular weight excluding hydrogens is 346 g/mol. The smallest absolute Gasteiger partial charge is 0.336 e. The van der Waals surface area contributed by atoms with Gasteiger partial charge in [0.2, 0.25) is 0 Å². The zero-order chi connectivity index (χ0) is 19.6. The molecule has 3 aromatic rings. The second-order valence-corrected chi connectivity index (χ2v) is 6.20. The minimum absolute atomic E-state index is 0.171. The standard InChI is InChI=1S/C21H21NO5/c1-12-8-9-15-14(10-18(23)27-20(15)13(12)2)11-22-21(24)19-16(25-3)6-5-7-17(19)26-4/h5-10H,11H2,1-4H3,(H,22,24). The highest BCUT2D eigenvalue weighted by atomic mass is 16.5. The van der Waals surface area contributed by atoms with Crippen LogP contribution in [-0.2, 0) is 6.54 Å². The van der Waals surface area contributed by atoms with Crippen LogP contribution in [0, 0.1) is 13.8 Å². The number of amides is 1. The van der Waals surface area contributed by atoms with E-state index in [-0.39, 0.29) is 12.5 Å². The van der Waals surface area contributed by atoms with Crippen molar-refractivity contribution in [1.82, 2.24) is 5.32 Å². The molecule has 0 saturated heterocycles. The molecule has 0 radical (unpaired) electrons. The molecule has 0 aliphatic rings. The van der Waals surface area contributed by atoms with E-state index in [0.29, 0.717) is 28.2 Å². The summed E-state index contributed by atoms with van der Waals surface area (Å²) < 4.78 is 15.9. The van der Waals surface area contributed by atoms with Crippen molar-refractivity contribution in [2.24, 2.45) is 0 Å². The maximum atomic E-state index is 12.7. The number of rotatable bonds is 5. The van der Waals surface area contributed by atoms with E-state index in [1.807, 2.05) is 26.0 Å². The van der Waals surface area contributed by atoms with Gasteiger partial charge in [-0.2, -0.15) is 0 Å². The van der Waals surface area contributed by atoms with Gasteiger partial charge in [-0.3, -0.25) is 4.79 Å². The first kappa shape index (κ1) is 18.5. The normalized spacial score (nSPS) is 10.7. The minimum Gasteiger partial charge on any atom is -0.496 e. The largest absolute Gasteiger partial charge is 0.496 e. The summed E-state index contributed by atoms with van der Waals surface area (Å²) in [7, 11) is 2.99. The lowest BCUT2D eigenvalue weighted by atomic mass is 10.0. The van der Waals surface area contributed by atoms with Crippen LogP contribution in [0.3, 0.4) is 0 Å². The molecule has 1 aromatic heterocycles. The number of carbonyl (C=O) groups is 1. The number of fused-ring (bicyclic) bond motifs is 1. The van der Waals surface area contributed by atoms with Crippen LogP contribution in [0.25, 0.3) is 11.0 Å². The van der Waals surface area contributed by atoms with Crippen LogP contribution < -0.4 is 20.4 Å². The van der Waals surface area contributed by atoms with Crippen molar-refractivity contribution in [3.63, 3.8) is 0 Å². The summed E-state index contributed by atoms with van der Waals surface area (Å²) in [5.41, 5.74) is 3.03. The number of hydrogen-bond acceptors (Lipinski definition) is 5. The van der Waals surface area contributed by atoms with Gasteiger partial charge in [0.05, 0.1) is 14.2 Å². The Labute approximate surface area is 156 Å². The maximum absolute atomic E-state index is 12.7. The Balaban J connectivity index is 1.95. The molecule has 0 atom stereocenters. The van der Waals surface area contributed by atoms with Gasteiger partial charge in [-0.15, -0.1) is 0 Å². The van der Waals surface area contributed by atoms with Crippen molar-refractivity contribution in [3.05, 3.63) is 69.1 Å². The van der Waals surface area contributed by atoms with Crippen molar-refractivity contribution in [2.45, 2.75) is 20.4 Å². The minimum atomic E-state index is -0.449. The Hall–Kier alpha value is -3.28. The molecule has 27 heavy (non-hydrogen) atoms. The van der Waals surface area contributed by atoms with E-state index in [0.717, 1.165) is 16.5 Å². The van der Waals surface area contributed by atoms with Crippen LogP contribution in [-0.4, -0.2) is 20.1 Å². The molecule has 0 bridgehead atoms. The molecule has 1 heterocycles. The fourth-order valence-corrected chi connectivity index (χ4v) is 3.01. The van der Waals surface area contributed by atoms with E-state index in [1.165, 1.54) is 20.3 Å². The molecule has 0 unspecified atom stereocenters. The lowest BCUT2D eigenvalue weighted by Crippen LogP contribution is -2.24. The predicted molar refractivity (Wildman–Crippen MR) is 103 cm³/mol. The third kappa shape index (κ3) is 3.51. The summed E-state index contributed by atoms with van der Waals surface area (Å²) in [6.45, 7) is 4.03. The van der Waals surface area contributed by atoms with Gasteiger partial charge in [0.15, 0.2) is 0 Å². The van der Waals surface area contributed by atoms with Gasteiger partial charge < -0.3 is 19.2 Å². The molecule has 0 aliphatic heterocycles. The number of ether oxygens (including phenoxy) is 2. The van der Waals surface area contributed by atoms with Gasteiger partial charge in [-0.25, -0.2) is 4.79 Å². The number of methoxy groups -OCH3 is 2. The van der Waals surface area contributed by atoms with E-state index >= 15 is 0 Å². The van der Waals surface area contributed by atoms with Crippen LogP contribution in [0.1, 0.15) is 27.0 Å². The molecule has 0 spiro atoms. The fourth-order valence-electron chi connectivity index (χ4n) is 3.01. The highest BCUT2D eigenvalue weighted by Crippen LogP contribution is 2.28. The quantitative estimate of drug-likeness (QED) is 0.700. The second kappa shape index (κ2) is 7.53. The number of benzene rings is 2. The Morgan fingerprint density at radius 2 is 1.74 bits per heavy atom. The summed E-state index contributed by atoms with van der Waals surface area (Å²) >= 11 is 0. The summed E-state index contributed by atoms with van der Waals surface area (Å²) in [6.07, 6.45) is 0. The van der Waals surface area contributed by atoms with Crippen LogP contribution in [0.4, 0.5) is 0 Å². The SMILES string of the molecule is COc1cccc(OC)c1C(=O)NCc1cc(=O)oc2c(C)c(C)ccc12. The van der Waals surface area contributed by atoms with Gasteiger partial charge in [0.1, 0.15) is 22.6 Å². The summed E-state index contributed by atoms with van der Waals surface area (Å²) in [5, 5.41) is 3.63. The highest BCUT2D eigenvalue weighted by Gasteiger charge is 2.18. The van der Waals surface area contributed by atoms with Gasteiger partial charge in [-0.1, -0.05) is 18.2 Å².